The molecular weight excluding hydrogens is 486 g/mol. The molecule has 11 nitrogen and oxygen atoms in total. The van der Waals surface area contributed by atoms with E-state index >= 15 is 0 Å². The first kappa shape index (κ1) is 23.7. The molecule has 1 aromatic carbocycles. The maximum Gasteiger partial charge on any atom is 0.269 e. The number of nitrogens with zero attached hydrogens (tertiary/aromatic N) is 4. The van der Waals surface area contributed by atoms with Gasteiger partial charge in [0.2, 0.25) is 17.7 Å². The van der Waals surface area contributed by atoms with Gasteiger partial charge in [0.05, 0.1) is 5.52 Å². The maximum atomic E-state index is 13.5. The van der Waals surface area contributed by atoms with E-state index in [0.717, 1.165) is 19.3 Å². The zero-order chi connectivity index (χ0) is 25.6. The molecule has 2 aromatic heterocycles. The van der Waals surface area contributed by atoms with Crippen LogP contribution in [-0.2, 0) is 20.9 Å². The van der Waals surface area contributed by atoms with E-state index in [2.05, 4.69) is 20.7 Å². The van der Waals surface area contributed by atoms with Gasteiger partial charge in [-0.25, -0.2) is 4.98 Å². The fourth-order valence-corrected chi connectivity index (χ4v) is 5.50. The summed E-state index contributed by atoms with van der Waals surface area (Å²) in [6.07, 6.45) is 2.43. The fraction of sp³-hybridized carbons (Fsp3) is 0.333. The first-order chi connectivity index (χ1) is 17.2. The van der Waals surface area contributed by atoms with Gasteiger partial charge in [0.15, 0.2) is 5.69 Å². The first-order valence-electron chi connectivity index (χ1n) is 11.5. The van der Waals surface area contributed by atoms with Crippen LogP contribution in [0.5, 0.6) is 0 Å². The third kappa shape index (κ3) is 4.37. The number of amides is 4. The van der Waals surface area contributed by atoms with Crippen molar-refractivity contribution in [1.82, 2.24) is 19.7 Å². The number of benzene rings is 1. The zero-order valence-electron chi connectivity index (χ0n) is 19.4. The van der Waals surface area contributed by atoms with E-state index in [1.54, 1.807) is 41.3 Å². The highest BCUT2D eigenvalue weighted by Gasteiger charge is 2.51. The van der Waals surface area contributed by atoms with Crippen molar-refractivity contribution < 1.29 is 19.2 Å². The smallest absolute Gasteiger partial charge is 0.269 e. The van der Waals surface area contributed by atoms with Gasteiger partial charge in [0.1, 0.15) is 23.6 Å². The lowest BCUT2D eigenvalue weighted by Gasteiger charge is -2.34. The predicted octanol–water partition coefficient (Wildman–Crippen LogP) is 2.16. The lowest BCUT2D eigenvalue weighted by atomic mass is 9.97. The molecule has 36 heavy (non-hydrogen) atoms. The number of likely N-dealkylation sites (tertiary alicyclic amines) is 1. The van der Waals surface area contributed by atoms with Gasteiger partial charge in [-0.3, -0.25) is 23.9 Å². The maximum absolute atomic E-state index is 13.5. The summed E-state index contributed by atoms with van der Waals surface area (Å²) in [5, 5.41) is 10.4. The number of nitrogens with two attached hydrogens (primary N) is 1. The number of carbonyl (C=O) groups is 4. The minimum absolute atomic E-state index is 0.00531. The molecule has 1 saturated heterocycles. The Bertz CT molecular complexity index is 1400. The molecule has 5 rings (SSSR count). The van der Waals surface area contributed by atoms with Crippen LogP contribution in [0.25, 0.3) is 10.9 Å². The molecule has 3 atom stereocenters. The van der Waals surface area contributed by atoms with E-state index < -0.39 is 11.9 Å². The number of nitrogens with one attached hydrogen (secondary N) is 2. The summed E-state index contributed by atoms with van der Waals surface area (Å²) >= 11 is 5.94. The average molecular weight is 510 g/mol. The highest BCUT2D eigenvalue weighted by Crippen LogP contribution is 2.43. The van der Waals surface area contributed by atoms with Gasteiger partial charge in [0.25, 0.3) is 5.91 Å². The molecule has 12 heteroatoms. The third-order valence-corrected chi connectivity index (χ3v) is 6.91. The lowest BCUT2D eigenvalue weighted by molar-refractivity contribution is -0.141. The fourth-order valence-electron chi connectivity index (χ4n) is 5.34. The normalized spacial score (nSPS) is 20.5. The van der Waals surface area contributed by atoms with Crippen LogP contribution < -0.4 is 16.4 Å². The van der Waals surface area contributed by atoms with Gasteiger partial charge >= 0.3 is 0 Å². The van der Waals surface area contributed by atoms with Crippen molar-refractivity contribution in [2.45, 2.75) is 44.8 Å². The minimum atomic E-state index is -0.752. The molecule has 2 bridgehead atoms. The summed E-state index contributed by atoms with van der Waals surface area (Å²) in [7, 11) is 0. The zero-order valence-corrected chi connectivity index (χ0v) is 20.2. The molecule has 2 fully saturated rings. The Morgan fingerprint density at radius 3 is 2.67 bits per heavy atom. The highest BCUT2D eigenvalue weighted by atomic mass is 35.5. The monoisotopic (exact) mass is 509 g/mol. The number of primary amides is 1. The van der Waals surface area contributed by atoms with Crippen molar-refractivity contribution >= 4 is 57.6 Å². The summed E-state index contributed by atoms with van der Waals surface area (Å²) in [4.78, 5) is 56.0. The highest BCUT2D eigenvalue weighted by molar-refractivity contribution is 6.29. The molecule has 0 spiro atoms. The Hall–Kier alpha value is -3.99. The SMILES string of the molecule is CC(=O)Nc1ccc2c(c1)c(C(N)=O)nn2CC(=O)N1[C@@H]2CC[C@@H](C2)[C@H]1C(=O)Nc1cccc(Cl)n1. The van der Waals surface area contributed by atoms with Crippen LogP contribution in [-0.4, -0.2) is 55.4 Å². The van der Waals surface area contributed by atoms with Crippen LogP contribution in [0.1, 0.15) is 36.7 Å². The molecule has 4 N–H and O–H groups in total. The van der Waals surface area contributed by atoms with E-state index in [4.69, 9.17) is 17.3 Å². The number of hydrogen-bond acceptors (Lipinski definition) is 6. The van der Waals surface area contributed by atoms with E-state index in [0.29, 0.717) is 22.4 Å². The third-order valence-electron chi connectivity index (χ3n) is 6.70. The number of rotatable bonds is 6. The van der Waals surface area contributed by atoms with Gasteiger partial charge in [-0.1, -0.05) is 17.7 Å². The molecule has 0 radical (unpaired) electrons. The largest absolute Gasteiger partial charge is 0.364 e. The first-order valence-corrected chi connectivity index (χ1v) is 11.9. The summed E-state index contributed by atoms with van der Waals surface area (Å²) < 4.78 is 1.41. The summed E-state index contributed by atoms with van der Waals surface area (Å²) in [6.45, 7) is 1.20. The molecule has 186 valence electrons. The van der Waals surface area contributed by atoms with Gasteiger partial charge in [-0.15, -0.1) is 0 Å². The Kier molecular flexibility index (Phi) is 6.09. The number of fused-ring (bicyclic) bond motifs is 3. The summed E-state index contributed by atoms with van der Waals surface area (Å²) in [6, 6.07) is 9.16. The van der Waals surface area contributed by atoms with Crippen LogP contribution in [0.4, 0.5) is 11.5 Å². The number of halogens is 1. The molecule has 3 aromatic rings. The van der Waals surface area contributed by atoms with Gasteiger partial charge in [-0.2, -0.15) is 5.10 Å². The Morgan fingerprint density at radius 2 is 1.94 bits per heavy atom. The van der Waals surface area contributed by atoms with E-state index in [-0.39, 0.29) is 47.1 Å². The molecule has 1 saturated carbocycles. The second-order valence-electron chi connectivity index (χ2n) is 9.09. The number of anilines is 2. The summed E-state index contributed by atoms with van der Waals surface area (Å²) in [5.41, 5.74) is 6.51. The molecule has 1 aliphatic carbocycles. The van der Waals surface area contributed by atoms with Crippen LogP contribution in [0, 0.1) is 5.92 Å². The molecule has 0 unspecified atom stereocenters. The topological polar surface area (TPSA) is 152 Å². The van der Waals surface area contributed by atoms with Gasteiger partial charge in [-0.05, 0) is 55.5 Å². The van der Waals surface area contributed by atoms with Crippen molar-refractivity contribution in [3.8, 4) is 0 Å². The van der Waals surface area contributed by atoms with Crippen molar-refractivity contribution in [3.05, 3.63) is 47.2 Å². The number of aromatic nitrogens is 3. The molecular formula is C24H24ClN7O4. The Labute approximate surface area is 211 Å². The number of hydrogen-bond donors (Lipinski definition) is 3. The van der Waals surface area contributed by atoms with Gasteiger partial charge < -0.3 is 21.3 Å². The Balaban J connectivity index is 1.41. The van der Waals surface area contributed by atoms with Crippen LogP contribution >= 0.6 is 11.6 Å². The minimum Gasteiger partial charge on any atom is -0.364 e. The molecule has 1 aliphatic heterocycles. The summed E-state index contributed by atoms with van der Waals surface area (Å²) in [5.74, 6) is -1.24. The quantitative estimate of drug-likeness (QED) is 0.433. The van der Waals surface area contributed by atoms with E-state index in [9.17, 15) is 19.2 Å². The number of carbonyl (C=O) groups excluding carboxylic acids is 4. The standard InChI is InChI=1S/C24H24ClN7O4/c1-12(33)27-14-6-8-17-16(10-14)21(23(26)35)30-31(17)11-20(34)32-15-7-5-13(9-15)22(32)24(36)29-19-4-2-3-18(25)28-19/h2-4,6,8,10,13,15,22H,5,7,9,11H2,1H3,(H2,26,35)(H,27,33)(H,28,29,36)/t13-,15+,22-/m0/s1. The van der Waals surface area contributed by atoms with E-state index in [1.165, 1.54) is 11.6 Å². The molecule has 4 amide bonds. The molecule has 2 aliphatic rings. The van der Waals surface area contributed by atoms with Crippen LogP contribution in [0.3, 0.4) is 0 Å². The van der Waals surface area contributed by atoms with Crippen LogP contribution in [0.15, 0.2) is 36.4 Å². The molecule has 3 heterocycles. The second kappa shape index (κ2) is 9.23. The van der Waals surface area contributed by atoms with Crippen molar-refractivity contribution in [1.29, 1.82) is 0 Å². The van der Waals surface area contributed by atoms with E-state index in [1.807, 2.05) is 0 Å². The predicted molar refractivity (Wildman–Crippen MR) is 132 cm³/mol. The Morgan fingerprint density at radius 1 is 1.14 bits per heavy atom. The van der Waals surface area contributed by atoms with Crippen molar-refractivity contribution in [3.63, 3.8) is 0 Å². The average Bonchev–Trinajstić information content (AvgIpc) is 3.52. The number of pyridine rings is 1. The second-order valence-corrected chi connectivity index (χ2v) is 9.48. The van der Waals surface area contributed by atoms with Crippen molar-refractivity contribution in [2.75, 3.05) is 10.6 Å². The van der Waals surface area contributed by atoms with Crippen LogP contribution in [0.2, 0.25) is 5.15 Å². The van der Waals surface area contributed by atoms with Gasteiger partial charge in [0, 0.05) is 24.0 Å². The number of piperidine rings is 1. The lowest BCUT2D eigenvalue weighted by Crippen LogP contribution is -2.52. The van der Waals surface area contributed by atoms with Crippen molar-refractivity contribution in [2.24, 2.45) is 11.7 Å².